The van der Waals surface area contributed by atoms with Crippen LogP contribution in [-0.2, 0) is 6.42 Å². The zero-order valence-electron chi connectivity index (χ0n) is 10.7. The smallest absolute Gasteiger partial charge is 0.132 e. The number of nitrogens with zero attached hydrogens (tertiary/aromatic N) is 2. The van der Waals surface area contributed by atoms with Crippen molar-refractivity contribution in [2.75, 3.05) is 11.1 Å². The molecule has 0 saturated heterocycles. The standard InChI is InChI=1S/C12H22N4/c1-5-7-12(3,4)16-11-8-9(13)14-10(6-2)15-11/h8H,5-7H2,1-4H3,(H3,13,14,15,16). The molecule has 0 spiro atoms. The largest absolute Gasteiger partial charge is 0.384 e. The van der Waals surface area contributed by atoms with Gasteiger partial charge in [0, 0.05) is 18.0 Å². The number of hydrogen-bond acceptors (Lipinski definition) is 4. The Bertz CT molecular complexity index is 347. The van der Waals surface area contributed by atoms with E-state index in [1.54, 1.807) is 6.07 Å². The Hall–Kier alpha value is -1.32. The predicted octanol–water partition coefficient (Wildman–Crippen LogP) is 2.61. The average Bonchev–Trinajstić information content (AvgIpc) is 2.15. The third-order valence-electron chi connectivity index (χ3n) is 2.45. The SMILES string of the molecule is CCCC(C)(C)Nc1cc(N)nc(CC)n1. The second-order valence-electron chi connectivity index (χ2n) is 4.71. The van der Waals surface area contributed by atoms with Crippen LogP contribution in [-0.4, -0.2) is 15.5 Å². The number of anilines is 2. The van der Waals surface area contributed by atoms with Crippen molar-refractivity contribution < 1.29 is 0 Å². The van der Waals surface area contributed by atoms with Crippen LogP contribution in [0.25, 0.3) is 0 Å². The van der Waals surface area contributed by atoms with Gasteiger partial charge in [-0.1, -0.05) is 20.3 Å². The van der Waals surface area contributed by atoms with Crippen molar-refractivity contribution >= 4 is 11.6 Å². The fourth-order valence-corrected chi connectivity index (χ4v) is 1.77. The summed E-state index contributed by atoms with van der Waals surface area (Å²) in [4.78, 5) is 8.57. The van der Waals surface area contributed by atoms with Gasteiger partial charge in [-0.2, -0.15) is 0 Å². The minimum atomic E-state index is 0.0422. The van der Waals surface area contributed by atoms with E-state index >= 15 is 0 Å². The summed E-state index contributed by atoms with van der Waals surface area (Å²) in [7, 11) is 0. The van der Waals surface area contributed by atoms with E-state index in [-0.39, 0.29) is 5.54 Å². The first-order chi connectivity index (χ1) is 7.46. The third kappa shape index (κ3) is 3.68. The topological polar surface area (TPSA) is 63.8 Å². The van der Waals surface area contributed by atoms with Crippen LogP contribution in [0.4, 0.5) is 11.6 Å². The van der Waals surface area contributed by atoms with E-state index in [2.05, 4.69) is 36.1 Å². The first kappa shape index (κ1) is 12.7. The molecule has 0 aromatic carbocycles. The maximum absolute atomic E-state index is 5.74. The van der Waals surface area contributed by atoms with Crippen LogP contribution in [0.5, 0.6) is 0 Å². The van der Waals surface area contributed by atoms with E-state index in [9.17, 15) is 0 Å². The van der Waals surface area contributed by atoms with Crippen LogP contribution in [0.3, 0.4) is 0 Å². The maximum Gasteiger partial charge on any atom is 0.132 e. The van der Waals surface area contributed by atoms with E-state index < -0.39 is 0 Å². The first-order valence-electron chi connectivity index (χ1n) is 5.88. The van der Waals surface area contributed by atoms with E-state index in [4.69, 9.17) is 5.73 Å². The van der Waals surface area contributed by atoms with Gasteiger partial charge in [-0.25, -0.2) is 9.97 Å². The highest BCUT2D eigenvalue weighted by Gasteiger charge is 2.17. The van der Waals surface area contributed by atoms with Crippen molar-refractivity contribution in [1.29, 1.82) is 0 Å². The third-order valence-corrected chi connectivity index (χ3v) is 2.45. The highest BCUT2D eigenvalue weighted by Crippen LogP contribution is 2.19. The summed E-state index contributed by atoms with van der Waals surface area (Å²) in [6.07, 6.45) is 3.04. The number of nitrogens with two attached hydrogens (primary N) is 1. The van der Waals surface area contributed by atoms with Crippen LogP contribution < -0.4 is 11.1 Å². The molecule has 0 aliphatic heterocycles. The molecule has 0 radical (unpaired) electrons. The van der Waals surface area contributed by atoms with Gasteiger partial charge < -0.3 is 11.1 Å². The Balaban J connectivity index is 2.84. The normalized spacial score (nSPS) is 11.5. The van der Waals surface area contributed by atoms with Crippen molar-refractivity contribution in [1.82, 2.24) is 9.97 Å². The van der Waals surface area contributed by atoms with Crippen molar-refractivity contribution in [3.8, 4) is 0 Å². The minimum absolute atomic E-state index is 0.0422. The zero-order chi connectivity index (χ0) is 12.2. The van der Waals surface area contributed by atoms with E-state index in [0.717, 1.165) is 30.9 Å². The molecular weight excluding hydrogens is 200 g/mol. The molecule has 1 aromatic rings. The number of nitrogens with one attached hydrogen (secondary N) is 1. The Morgan fingerprint density at radius 3 is 2.56 bits per heavy atom. The summed E-state index contributed by atoms with van der Waals surface area (Å²) in [6, 6.07) is 1.79. The summed E-state index contributed by atoms with van der Waals surface area (Å²) in [5, 5.41) is 3.40. The molecule has 0 aliphatic carbocycles. The Morgan fingerprint density at radius 2 is 2.00 bits per heavy atom. The van der Waals surface area contributed by atoms with Crippen LogP contribution in [0.1, 0.15) is 46.4 Å². The lowest BCUT2D eigenvalue weighted by Crippen LogP contribution is -2.31. The average molecular weight is 222 g/mol. The van der Waals surface area contributed by atoms with Gasteiger partial charge in [-0.15, -0.1) is 0 Å². The van der Waals surface area contributed by atoms with Crippen molar-refractivity contribution in [2.45, 2.75) is 52.5 Å². The molecule has 0 fully saturated rings. The second-order valence-corrected chi connectivity index (χ2v) is 4.71. The van der Waals surface area contributed by atoms with Gasteiger partial charge in [-0.3, -0.25) is 0 Å². The van der Waals surface area contributed by atoms with Crippen molar-refractivity contribution in [3.63, 3.8) is 0 Å². The molecule has 1 rings (SSSR count). The molecular formula is C12H22N4. The molecule has 4 nitrogen and oxygen atoms in total. The van der Waals surface area contributed by atoms with Gasteiger partial charge in [-0.05, 0) is 20.3 Å². The summed E-state index contributed by atoms with van der Waals surface area (Å²) in [5.74, 6) is 2.14. The summed E-state index contributed by atoms with van der Waals surface area (Å²) >= 11 is 0. The number of aryl methyl sites for hydroxylation is 1. The first-order valence-corrected chi connectivity index (χ1v) is 5.88. The molecule has 3 N–H and O–H groups in total. The van der Waals surface area contributed by atoms with Gasteiger partial charge >= 0.3 is 0 Å². The van der Waals surface area contributed by atoms with E-state index in [1.807, 2.05) is 6.92 Å². The quantitative estimate of drug-likeness (QED) is 0.803. The molecule has 16 heavy (non-hydrogen) atoms. The molecule has 0 unspecified atom stereocenters. The molecule has 0 amide bonds. The van der Waals surface area contributed by atoms with Gasteiger partial charge in [0.2, 0.25) is 0 Å². The number of aromatic nitrogens is 2. The van der Waals surface area contributed by atoms with Gasteiger partial charge in [0.05, 0.1) is 0 Å². The van der Waals surface area contributed by atoms with Gasteiger partial charge in [0.15, 0.2) is 0 Å². The molecule has 0 bridgehead atoms. The highest BCUT2D eigenvalue weighted by molar-refractivity contribution is 5.46. The molecule has 90 valence electrons. The minimum Gasteiger partial charge on any atom is -0.384 e. The molecule has 0 aliphatic rings. The number of rotatable bonds is 5. The zero-order valence-corrected chi connectivity index (χ0v) is 10.7. The Kier molecular flexibility index (Phi) is 4.10. The van der Waals surface area contributed by atoms with Gasteiger partial charge in [0.1, 0.15) is 17.5 Å². The molecule has 1 aromatic heterocycles. The van der Waals surface area contributed by atoms with E-state index in [0.29, 0.717) is 5.82 Å². The van der Waals surface area contributed by atoms with Gasteiger partial charge in [0.25, 0.3) is 0 Å². The molecule has 0 saturated carbocycles. The Labute approximate surface area is 97.7 Å². The lowest BCUT2D eigenvalue weighted by molar-refractivity contribution is 0.508. The second kappa shape index (κ2) is 5.14. The van der Waals surface area contributed by atoms with E-state index in [1.165, 1.54) is 0 Å². The number of nitrogen functional groups attached to an aromatic ring is 1. The van der Waals surface area contributed by atoms with Crippen molar-refractivity contribution in [2.24, 2.45) is 0 Å². The number of hydrogen-bond donors (Lipinski definition) is 2. The van der Waals surface area contributed by atoms with Crippen LogP contribution >= 0.6 is 0 Å². The fraction of sp³-hybridized carbons (Fsp3) is 0.667. The lowest BCUT2D eigenvalue weighted by Gasteiger charge is -2.26. The lowest BCUT2D eigenvalue weighted by atomic mass is 9.99. The summed E-state index contributed by atoms with van der Waals surface area (Å²) in [6.45, 7) is 8.53. The predicted molar refractivity (Wildman–Crippen MR) is 68.4 cm³/mol. The monoisotopic (exact) mass is 222 g/mol. The molecule has 1 heterocycles. The fourth-order valence-electron chi connectivity index (χ4n) is 1.77. The highest BCUT2D eigenvalue weighted by atomic mass is 15.1. The van der Waals surface area contributed by atoms with Crippen LogP contribution in [0.2, 0.25) is 0 Å². The summed E-state index contributed by atoms with van der Waals surface area (Å²) < 4.78 is 0. The van der Waals surface area contributed by atoms with Crippen LogP contribution in [0.15, 0.2) is 6.07 Å². The molecule has 0 atom stereocenters. The molecule has 4 heteroatoms. The van der Waals surface area contributed by atoms with Crippen LogP contribution in [0, 0.1) is 0 Å². The maximum atomic E-state index is 5.74. The van der Waals surface area contributed by atoms with Crippen molar-refractivity contribution in [3.05, 3.63) is 11.9 Å². The Morgan fingerprint density at radius 1 is 1.31 bits per heavy atom. The summed E-state index contributed by atoms with van der Waals surface area (Å²) in [5.41, 5.74) is 5.78.